The Balaban J connectivity index is 1.99. The van der Waals surface area contributed by atoms with Crippen LogP contribution in [0, 0.1) is 5.82 Å². The van der Waals surface area contributed by atoms with E-state index in [1.807, 2.05) is 0 Å². The summed E-state index contributed by atoms with van der Waals surface area (Å²) >= 11 is 3.13. The van der Waals surface area contributed by atoms with Crippen LogP contribution in [0.4, 0.5) is 4.39 Å². The topological polar surface area (TPSA) is 43.8 Å². The van der Waals surface area contributed by atoms with Crippen LogP contribution in [-0.2, 0) is 0 Å². The summed E-state index contributed by atoms with van der Waals surface area (Å²) in [5.41, 5.74) is -0.386. The summed E-state index contributed by atoms with van der Waals surface area (Å²) in [6.07, 6.45) is 0. The fourth-order valence-corrected chi connectivity index (χ4v) is 2.93. The minimum absolute atomic E-state index is 0.163. The lowest BCUT2D eigenvalue weighted by molar-refractivity contribution is 0.0178. The third-order valence-corrected chi connectivity index (χ3v) is 4.26. The van der Waals surface area contributed by atoms with E-state index < -0.39 is 11.4 Å². The first-order valence-corrected chi connectivity index (χ1v) is 7.75. The largest absolute Gasteiger partial charge is 0.389 e. The van der Waals surface area contributed by atoms with Crippen molar-refractivity contribution in [2.45, 2.75) is 19.4 Å². The molecule has 116 valence electrons. The zero-order valence-electron chi connectivity index (χ0n) is 12.3. The Bertz CT molecular complexity index is 523. The Morgan fingerprint density at radius 3 is 2.52 bits per heavy atom. The van der Waals surface area contributed by atoms with Crippen LogP contribution < -0.4 is 0 Å². The number of hydrogen-bond donors (Lipinski definition) is 1. The molecule has 4 nitrogen and oxygen atoms in total. The first kappa shape index (κ1) is 16.4. The second-order valence-electron chi connectivity index (χ2n) is 5.98. The SMILES string of the molecule is CC(C)(O)CN1CCN(C(=O)c2cccc(F)c2Br)CC1. The fourth-order valence-electron chi connectivity index (χ4n) is 2.50. The number of carbonyl (C=O) groups excluding carboxylic acids is 1. The van der Waals surface area contributed by atoms with Crippen molar-refractivity contribution in [1.82, 2.24) is 9.80 Å². The maximum absolute atomic E-state index is 13.5. The van der Waals surface area contributed by atoms with Crippen LogP contribution in [0.1, 0.15) is 24.2 Å². The highest BCUT2D eigenvalue weighted by Crippen LogP contribution is 2.22. The number of aliphatic hydroxyl groups is 1. The number of β-amino-alcohol motifs (C(OH)–C–C–N with tert-alkyl or cyclic N) is 1. The maximum atomic E-state index is 13.5. The van der Waals surface area contributed by atoms with Crippen LogP contribution in [0.2, 0.25) is 0 Å². The Morgan fingerprint density at radius 1 is 1.33 bits per heavy atom. The minimum atomic E-state index is -0.738. The normalized spacial score (nSPS) is 17.1. The summed E-state index contributed by atoms with van der Waals surface area (Å²) in [6.45, 7) is 6.71. The number of rotatable bonds is 3. The number of piperazine rings is 1. The van der Waals surface area contributed by atoms with Crippen molar-refractivity contribution in [2.24, 2.45) is 0 Å². The first-order chi connectivity index (χ1) is 9.78. The lowest BCUT2D eigenvalue weighted by Crippen LogP contribution is -2.52. The molecule has 1 aliphatic heterocycles. The summed E-state index contributed by atoms with van der Waals surface area (Å²) in [7, 11) is 0. The lowest BCUT2D eigenvalue weighted by atomic mass is 10.1. The predicted octanol–water partition coefficient (Wildman–Crippen LogP) is 2.12. The molecule has 1 amide bonds. The van der Waals surface area contributed by atoms with Gasteiger partial charge in [-0.05, 0) is 41.9 Å². The van der Waals surface area contributed by atoms with Gasteiger partial charge in [0.15, 0.2) is 0 Å². The Morgan fingerprint density at radius 2 is 1.95 bits per heavy atom. The predicted molar refractivity (Wildman–Crippen MR) is 82.7 cm³/mol. The number of carbonyl (C=O) groups is 1. The second-order valence-corrected chi connectivity index (χ2v) is 6.78. The second kappa shape index (κ2) is 6.42. The molecular formula is C15H20BrFN2O2. The van der Waals surface area contributed by atoms with Crippen LogP contribution in [0.25, 0.3) is 0 Å². The van der Waals surface area contributed by atoms with Gasteiger partial charge in [-0.3, -0.25) is 9.69 Å². The minimum Gasteiger partial charge on any atom is -0.389 e. The molecule has 0 spiro atoms. The van der Waals surface area contributed by atoms with Gasteiger partial charge < -0.3 is 10.0 Å². The van der Waals surface area contributed by atoms with E-state index in [0.717, 1.165) is 0 Å². The molecule has 0 aliphatic carbocycles. The fraction of sp³-hybridized carbons (Fsp3) is 0.533. The van der Waals surface area contributed by atoms with Gasteiger partial charge in [-0.15, -0.1) is 0 Å². The Labute approximate surface area is 132 Å². The van der Waals surface area contributed by atoms with Crippen molar-refractivity contribution in [3.05, 3.63) is 34.1 Å². The smallest absolute Gasteiger partial charge is 0.255 e. The molecule has 1 heterocycles. The van der Waals surface area contributed by atoms with E-state index in [-0.39, 0.29) is 10.4 Å². The third-order valence-electron chi connectivity index (χ3n) is 3.45. The Hall–Kier alpha value is -0.980. The van der Waals surface area contributed by atoms with Crippen LogP contribution in [0.5, 0.6) is 0 Å². The molecule has 1 saturated heterocycles. The zero-order valence-corrected chi connectivity index (χ0v) is 13.9. The summed E-state index contributed by atoms with van der Waals surface area (Å²) in [4.78, 5) is 16.3. The number of amides is 1. The third kappa shape index (κ3) is 4.25. The van der Waals surface area contributed by atoms with E-state index in [9.17, 15) is 14.3 Å². The molecule has 1 fully saturated rings. The number of halogens is 2. The Kier molecular flexibility index (Phi) is 5.01. The van der Waals surface area contributed by atoms with Crippen molar-refractivity contribution >= 4 is 21.8 Å². The molecule has 0 atom stereocenters. The van der Waals surface area contributed by atoms with Crippen molar-refractivity contribution in [3.63, 3.8) is 0 Å². The van der Waals surface area contributed by atoms with Crippen molar-refractivity contribution in [1.29, 1.82) is 0 Å². The van der Waals surface area contributed by atoms with Crippen LogP contribution in [0.15, 0.2) is 22.7 Å². The molecule has 0 aromatic heterocycles. The summed E-state index contributed by atoms with van der Waals surface area (Å²) in [5, 5.41) is 9.82. The van der Waals surface area contributed by atoms with Crippen molar-refractivity contribution in [2.75, 3.05) is 32.7 Å². The van der Waals surface area contributed by atoms with Crippen LogP contribution in [-0.4, -0.2) is 59.1 Å². The van der Waals surface area contributed by atoms with Gasteiger partial charge in [0.25, 0.3) is 5.91 Å². The first-order valence-electron chi connectivity index (χ1n) is 6.96. The molecular weight excluding hydrogens is 339 g/mol. The average molecular weight is 359 g/mol. The molecule has 1 aliphatic rings. The van der Waals surface area contributed by atoms with E-state index in [1.165, 1.54) is 12.1 Å². The molecule has 21 heavy (non-hydrogen) atoms. The maximum Gasteiger partial charge on any atom is 0.255 e. The molecule has 0 unspecified atom stereocenters. The van der Waals surface area contributed by atoms with Gasteiger partial charge >= 0.3 is 0 Å². The van der Waals surface area contributed by atoms with Crippen molar-refractivity contribution in [3.8, 4) is 0 Å². The summed E-state index contributed by atoms with van der Waals surface area (Å²) < 4.78 is 13.7. The monoisotopic (exact) mass is 358 g/mol. The molecule has 1 N–H and O–H groups in total. The molecule has 1 aromatic rings. The molecule has 0 bridgehead atoms. The van der Waals surface area contributed by atoms with Gasteiger partial charge in [-0.2, -0.15) is 0 Å². The molecule has 0 radical (unpaired) electrons. The quantitative estimate of drug-likeness (QED) is 0.899. The van der Waals surface area contributed by atoms with Gasteiger partial charge in [0.05, 0.1) is 15.6 Å². The van der Waals surface area contributed by atoms with Crippen molar-refractivity contribution < 1.29 is 14.3 Å². The van der Waals surface area contributed by atoms with Crippen LogP contribution in [0.3, 0.4) is 0 Å². The van der Waals surface area contributed by atoms with E-state index in [0.29, 0.717) is 38.3 Å². The molecule has 6 heteroatoms. The lowest BCUT2D eigenvalue weighted by Gasteiger charge is -2.37. The van der Waals surface area contributed by atoms with Gasteiger partial charge in [0.1, 0.15) is 5.82 Å². The summed E-state index contributed by atoms with van der Waals surface area (Å²) in [6, 6.07) is 4.48. The number of hydrogen-bond acceptors (Lipinski definition) is 3. The highest BCUT2D eigenvalue weighted by atomic mass is 79.9. The molecule has 0 saturated carbocycles. The number of benzene rings is 1. The van der Waals surface area contributed by atoms with Crippen LogP contribution >= 0.6 is 15.9 Å². The van der Waals surface area contributed by atoms with E-state index in [4.69, 9.17) is 0 Å². The highest BCUT2D eigenvalue weighted by Gasteiger charge is 2.26. The highest BCUT2D eigenvalue weighted by molar-refractivity contribution is 9.10. The van der Waals surface area contributed by atoms with E-state index in [1.54, 1.807) is 24.8 Å². The van der Waals surface area contributed by atoms with E-state index >= 15 is 0 Å². The van der Waals surface area contributed by atoms with E-state index in [2.05, 4.69) is 20.8 Å². The average Bonchev–Trinajstić information content (AvgIpc) is 2.40. The number of nitrogens with zero attached hydrogens (tertiary/aromatic N) is 2. The van der Waals surface area contributed by atoms with Gasteiger partial charge in [0.2, 0.25) is 0 Å². The molecule has 1 aromatic carbocycles. The van der Waals surface area contributed by atoms with Gasteiger partial charge in [-0.1, -0.05) is 6.07 Å². The summed E-state index contributed by atoms with van der Waals surface area (Å²) in [5.74, 6) is -0.592. The standard InChI is InChI=1S/C15H20BrFN2O2/c1-15(2,21)10-18-6-8-19(9-7-18)14(20)11-4-3-5-12(17)13(11)16/h3-5,21H,6-10H2,1-2H3. The zero-order chi connectivity index (χ0) is 15.6. The van der Waals surface area contributed by atoms with Gasteiger partial charge in [-0.25, -0.2) is 4.39 Å². The van der Waals surface area contributed by atoms with Gasteiger partial charge in [0, 0.05) is 32.7 Å². The molecule has 2 rings (SSSR count).